The summed E-state index contributed by atoms with van der Waals surface area (Å²) in [4.78, 5) is 37.4. The van der Waals surface area contributed by atoms with Gasteiger partial charge in [0.15, 0.2) is 11.6 Å². The van der Waals surface area contributed by atoms with E-state index in [2.05, 4.69) is 10.6 Å². The van der Waals surface area contributed by atoms with Gasteiger partial charge in [-0.2, -0.15) is 0 Å². The third-order valence-electron chi connectivity index (χ3n) is 4.07. The van der Waals surface area contributed by atoms with E-state index in [1.54, 1.807) is 6.92 Å². The summed E-state index contributed by atoms with van der Waals surface area (Å²) in [5, 5.41) is 4.96. The van der Waals surface area contributed by atoms with Crippen LogP contribution in [0.2, 0.25) is 0 Å². The van der Waals surface area contributed by atoms with Crippen molar-refractivity contribution in [1.29, 1.82) is 0 Å². The Kier molecular flexibility index (Phi) is 5.39. The number of hydrogen-bond donors (Lipinski definition) is 2. The van der Waals surface area contributed by atoms with E-state index in [1.165, 1.54) is 6.07 Å². The number of carbonyl (C=O) groups excluding carboxylic acids is 3. The third kappa shape index (κ3) is 4.32. The van der Waals surface area contributed by atoms with Gasteiger partial charge in [-0.3, -0.25) is 14.5 Å². The van der Waals surface area contributed by atoms with Crippen LogP contribution in [0.15, 0.2) is 18.2 Å². The monoisotopic (exact) mass is 353 g/mol. The molecule has 1 fully saturated rings. The van der Waals surface area contributed by atoms with Gasteiger partial charge < -0.3 is 10.6 Å². The van der Waals surface area contributed by atoms with Crippen molar-refractivity contribution in [3.63, 3.8) is 0 Å². The van der Waals surface area contributed by atoms with Gasteiger partial charge in [0.1, 0.15) is 12.1 Å². The molecular formula is C17H21F2N3O3. The Labute approximate surface area is 144 Å². The molecule has 4 amide bonds. The molecule has 0 aliphatic carbocycles. The van der Waals surface area contributed by atoms with E-state index >= 15 is 0 Å². The molecule has 25 heavy (non-hydrogen) atoms. The van der Waals surface area contributed by atoms with Crippen molar-refractivity contribution in [2.24, 2.45) is 5.92 Å². The number of hydrogen-bond acceptors (Lipinski definition) is 3. The van der Waals surface area contributed by atoms with Crippen molar-refractivity contribution in [2.75, 3.05) is 11.9 Å². The first kappa shape index (κ1) is 18.8. The van der Waals surface area contributed by atoms with E-state index in [0.29, 0.717) is 12.3 Å². The summed E-state index contributed by atoms with van der Waals surface area (Å²) in [6.45, 7) is 5.15. The van der Waals surface area contributed by atoms with Gasteiger partial charge in [0.2, 0.25) is 5.91 Å². The number of anilines is 1. The van der Waals surface area contributed by atoms with Crippen LogP contribution in [0.4, 0.5) is 19.3 Å². The van der Waals surface area contributed by atoms with Crippen LogP contribution in [-0.4, -0.2) is 34.8 Å². The van der Waals surface area contributed by atoms with Gasteiger partial charge in [-0.1, -0.05) is 13.8 Å². The molecule has 2 rings (SSSR count). The molecule has 136 valence electrons. The topological polar surface area (TPSA) is 78.5 Å². The van der Waals surface area contributed by atoms with Gasteiger partial charge in [-0.15, -0.1) is 0 Å². The molecule has 0 saturated carbocycles. The van der Waals surface area contributed by atoms with E-state index < -0.39 is 41.6 Å². The Morgan fingerprint density at radius 1 is 1.28 bits per heavy atom. The highest BCUT2D eigenvalue weighted by Crippen LogP contribution is 2.24. The fourth-order valence-electron chi connectivity index (χ4n) is 2.56. The van der Waals surface area contributed by atoms with Crippen molar-refractivity contribution < 1.29 is 23.2 Å². The van der Waals surface area contributed by atoms with Crippen molar-refractivity contribution in [1.82, 2.24) is 10.2 Å². The molecule has 1 aliphatic rings. The van der Waals surface area contributed by atoms with E-state index in [0.717, 1.165) is 23.5 Å². The van der Waals surface area contributed by atoms with Crippen LogP contribution in [0.25, 0.3) is 0 Å². The lowest BCUT2D eigenvalue weighted by Gasteiger charge is -2.22. The SMILES string of the molecule is CC(C)CCC1(C)NC(=O)N(CC(=O)Nc2ccc(F)c(F)c2)C1=O. The summed E-state index contributed by atoms with van der Waals surface area (Å²) in [5.41, 5.74) is -0.998. The van der Waals surface area contributed by atoms with Crippen molar-refractivity contribution in [2.45, 2.75) is 39.2 Å². The largest absolute Gasteiger partial charge is 0.325 e. The average Bonchev–Trinajstić information content (AvgIpc) is 2.73. The first-order chi connectivity index (χ1) is 11.6. The molecule has 6 nitrogen and oxygen atoms in total. The summed E-state index contributed by atoms with van der Waals surface area (Å²) in [5.74, 6) is -2.92. The highest BCUT2D eigenvalue weighted by atomic mass is 19.2. The molecule has 0 spiro atoms. The summed E-state index contributed by atoms with van der Waals surface area (Å²) < 4.78 is 26.0. The standard InChI is InChI=1S/C17H21F2N3O3/c1-10(2)6-7-17(3)15(24)22(16(25)21-17)9-14(23)20-11-4-5-12(18)13(19)8-11/h4-5,8,10H,6-7,9H2,1-3H3,(H,20,23)(H,21,25). The minimum atomic E-state index is -1.10. The lowest BCUT2D eigenvalue weighted by molar-refractivity contribution is -0.133. The van der Waals surface area contributed by atoms with Crippen molar-refractivity contribution in [3.05, 3.63) is 29.8 Å². The minimum Gasteiger partial charge on any atom is -0.324 e. The zero-order valence-electron chi connectivity index (χ0n) is 14.4. The number of halogens is 2. The molecule has 8 heteroatoms. The van der Waals surface area contributed by atoms with Crippen molar-refractivity contribution >= 4 is 23.5 Å². The summed E-state index contributed by atoms with van der Waals surface area (Å²) in [6.07, 6.45) is 1.22. The number of imide groups is 1. The number of amides is 4. The second-order valence-electron chi connectivity index (χ2n) is 6.76. The minimum absolute atomic E-state index is 0.0403. The first-order valence-corrected chi connectivity index (χ1v) is 8.01. The Morgan fingerprint density at radius 2 is 1.96 bits per heavy atom. The maximum Gasteiger partial charge on any atom is 0.325 e. The van der Waals surface area contributed by atoms with E-state index in [1.807, 2.05) is 13.8 Å². The summed E-state index contributed by atoms with van der Waals surface area (Å²) in [7, 11) is 0. The highest BCUT2D eigenvalue weighted by Gasteiger charge is 2.47. The van der Waals surface area contributed by atoms with E-state index in [4.69, 9.17) is 0 Å². The summed E-state index contributed by atoms with van der Waals surface area (Å²) >= 11 is 0. The Balaban J connectivity index is 2.01. The van der Waals surface area contributed by atoms with Crippen LogP contribution in [-0.2, 0) is 9.59 Å². The number of carbonyl (C=O) groups is 3. The molecule has 1 aliphatic heterocycles. The molecule has 1 saturated heterocycles. The summed E-state index contributed by atoms with van der Waals surface area (Å²) in [6, 6.07) is 2.25. The lowest BCUT2D eigenvalue weighted by Crippen LogP contribution is -2.44. The second-order valence-corrected chi connectivity index (χ2v) is 6.76. The van der Waals surface area contributed by atoms with Crippen LogP contribution >= 0.6 is 0 Å². The zero-order valence-corrected chi connectivity index (χ0v) is 14.4. The predicted molar refractivity (Wildman–Crippen MR) is 87.7 cm³/mol. The van der Waals surface area contributed by atoms with Crippen LogP contribution in [0.1, 0.15) is 33.6 Å². The third-order valence-corrected chi connectivity index (χ3v) is 4.07. The molecule has 1 aromatic carbocycles. The normalized spacial score (nSPS) is 20.2. The number of urea groups is 1. The molecule has 1 aromatic rings. The van der Waals surface area contributed by atoms with Crippen LogP contribution in [0, 0.1) is 17.6 Å². The molecule has 0 aromatic heterocycles. The predicted octanol–water partition coefficient (Wildman–Crippen LogP) is 2.65. The van der Waals surface area contributed by atoms with Gasteiger partial charge in [-0.05, 0) is 37.8 Å². The average molecular weight is 353 g/mol. The van der Waals surface area contributed by atoms with Gasteiger partial charge in [0, 0.05) is 11.8 Å². The van der Waals surface area contributed by atoms with Gasteiger partial charge in [0.05, 0.1) is 0 Å². The molecule has 1 atom stereocenters. The van der Waals surface area contributed by atoms with Crippen LogP contribution in [0.3, 0.4) is 0 Å². The smallest absolute Gasteiger partial charge is 0.324 e. The number of nitrogens with zero attached hydrogens (tertiary/aromatic N) is 1. The zero-order chi connectivity index (χ0) is 18.8. The Bertz CT molecular complexity index is 708. The maximum atomic E-state index is 13.2. The molecule has 0 bridgehead atoms. The molecular weight excluding hydrogens is 332 g/mol. The molecule has 2 N–H and O–H groups in total. The lowest BCUT2D eigenvalue weighted by atomic mass is 9.92. The fraction of sp³-hybridized carbons (Fsp3) is 0.471. The molecule has 1 heterocycles. The van der Waals surface area contributed by atoms with Gasteiger partial charge in [-0.25, -0.2) is 13.6 Å². The van der Waals surface area contributed by atoms with Gasteiger partial charge >= 0.3 is 6.03 Å². The molecule has 0 radical (unpaired) electrons. The second kappa shape index (κ2) is 7.16. The van der Waals surface area contributed by atoms with E-state index in [-0.39, 0.29) is 5.69 Å². The Morgan fingerprint density at radius 3 is 2.56 bits per heavy atom. The number of nitrogens with one attached hydrogen (secondary N) is 2. The highest BCUT2D eigenvalue weighted by molar-refractivity contribution is 6.09. The maximum absolute atomic E-state index is 13.2. The van der Waals surface area contributed by atoms with E-state index in [9.17, 15) is 23.2 Å². The van der Waals surface area contributed by atoms with Crippen LogP contribution in [0.5, 0.6) is 0 Å². The quantitative estimate of drug-likeness (QED) is 0.772. The van der Waals surface area contributed by atoms with Crippen molar-refractivity contribution in [3.8, 4) is 0 Å². The molecule has 1 unspecified atom stereocenters. The first-order valence-electron chi connectivity index (χ1n) is 8.01. The Hall–Kier alpha value is -2.51. The number of rotatable bonds is 6. The van der Waals surface area contributed by atoms with Gasteiger partial charge in [0.25, 0.3) is 5.91 Å². The number of benzene rings is 1. The fourth-order valence-corrected chi connectivity index (χ4v) is 2.56. The van der Waals surface area contributed by atoms with Crippen LogP contribution < -0.4 is 10.6 Å².